The first-order chi connectivity index (χ1) is 9.52. The summed E-state index contributed by atoms with van der Waals surface area (Å²) in [7, 11) is 4.97. The monoisotopic (exact) mass is 280 g/mol. The average molecular weight is 280 g/mol. The van der Waals surface area contributed by atoms with Gasteiger partial charge in [-0.2, -0.15) is 0 Å². The summed E-state index contributed by atoms with van der Waals surface area (Å²) in [6.45, 7) is 2.43. The van der Waals surface area contributed by atoms with Crippen LogP contribution in [0.1, 0.15) is 24.9 Å². The van der Waals surface area contributed by atoms with Crippen LogP contribution >= 0.6 is 0 Å². The third-order valence-corrected chi connectivity index (χ3v) is 3.47. The lowest BCUT2D eigenvalue weighted by Gasteiger charge is -2.28. The van der Waals surface area contributed by atoms with Crippen LogP contribution in [0.15, 0.2) is 24.3 Å². The molecular formula is C15H24N2O3. The van der Waals surface area contributed by atoms with Gasteiger partial charge in [-0.15, -0.1) is 0 Å². The molecule has 1 aromatic rings. The molecule has 2 atom stereocenters. The van der Waals surface area contributed by atoms with Crippen LogP contribution in [0.3, 0.4) is 0 Å². The number of carbonyl (C=O) groups is 1. The Hall–Kier alpha value is -1.59. The number of benzene rings is 1. The Kier molecular flexibility index (Phi) is 6.48. The third kappa shape index (κ3) is 3.95. The normalized spacial score (nSPS) is 13.7. The maximum Gasteiger partial charge on any atom is 0.239 e. The lowest BCUT2D eigenvalue weighted by Crippen LogP contribution is -2.43. The number of nitrogens with two attached hydrogens (primary N) is 1. The summed E-state index contributed by atoms with van der Waals surface area (Å²) >= 11 is 0. The van der Waals surface area contributed by atoms with Crippen molar-refractivity contribution in [2.75, 3.05) is 27.9 Å². The van der Waals surface area contributed by atoms with E-state index in [9.17, 15) is 4.79 Å². The Morgan fingerprint density at radius 3 is 2.60 bits per heavy atom. The predicted molar refractivity (Wildman–Crippen MR) is 78.6 cm³/mol. The molecule has 0 saturated carbocycles. The minimum Gasteiger partial charge on any atom is -0.496 e. The molecule has 0 radical (unpaired) electrons. The van der Waals surface area contributed by atoms with Gasteiger partial charge in [0.2, 0.25) is 5.91 Å². The Morgan fingerprint density at radius 1 is 1.35 bits per heavy atom. The number of hydrogen-bond acceptors (Lipinski definition) is 4. The molecule has 0 fully saturated rings. The first-order valence-corrected chi connectivity index (χ1v) is 6.67. The number of methoxy groups -OCH3 is 2. The molecule has 0 heterocycles. The van der Waals surface area contributed by atoms with Crippen molar-refractivity contribution in [2.24, 2.45) is 5.73 Å². The fourth-order valence-electron chi connectivity index (χ4n) is 2.04. The molecule has 1 rings (SSSR count). The number of amides is 1. The second-order valence-electron chi connectivity index (χ2n) is 4.76. The van der Waals surface area contributed by atoms with Gasteiger partial charge in [-0.05, 0) is 19.4 Å². The highest BCUT2D eigenvalue weighted by Gasteiger charge is 2.24. The van der Waals surface area contributed by atoms with Gasteiger partial charge in [-0.1, -0.05) is 18.2 Å². The van der Waals surface area contributed by atoms with Gasteiger partial charge in [-0.25, -0.2) is 0 Å². The Balaban J connectivity index is 2.80. The van der Waals surface area contributed by atoms with E-state index < -0.39 is 6.04 Å². The number of para-hydroxylation sites is 1. The summed E-state index contributed by atoms with van der Waals surface area (Å²) in [4.78, 5) is 13.9. The molecule has 2 N–H and O–H groups in total. The number of rotatable bonds is 7. The first-order valence-electron chi connectivity index (χ1n) is 6.67. The van der Waals surface area contributed by atoms with Crippen molar-refractivity contribution in [3.8, 4) is 5.75 Å². The quantitative estimate of drug-likeness (QED) is 0.823. The van der Waals surface area contributed by atoms with E-state index in [1.807, 2.05) is 31.2 Å². The van der Waals surface area contributed by atoms with Gasteiger partial charge < -0.3 is 20.1 Å². The van der Waals surface area contributed by atoms with Crippen LogP contribution in [0.5, 0.6) is 5.75 Å². The van der Waals surface area contributed by atoms with Crippen LogP contribution in [-0.4, -0.2) is 44.7 Å². The first kappa shape index (κ1) is 16.5. The maximum absolute atomic E-state index is 12.3. The summed E-state index contributed by atoms with van der Waals surface area (Å²) in [5.74, 6) is 0.672. The number of carbonyl (C=O) groups excluding carboxylic acids is 1. The molecule has 0 saturated heterocycles. The molecule has 0 aliphatic heterocycles. The number of hydrogen-bond donors (Lipinski definition) is 1. The summed E-state index contributed by atoms with van der Waals surface area (Å²) in [5.41, 5.74) is 6.85. The molecule has 1 amide bonds. The molecule has 0 spiro atoms. The minimum atomic E-state index is -0.544. The molecule has 0 bridgehead atoms. The zero-order valence-corrected chi connectivity index (χ0v) is 12.6. The fourth-order valence-corrected chi connectivity index (χ4v) is 2.04. The van der Waals surface area contributed by atoms with E-state index >= 15 is 0 Å². The third-order valence-electron chi connectivity index (χ3n) is 3.47. The summed E-state index contributed by atoms with van der Waals surface area (Å²) in [5, 5.41) is 0. The minimum absolute atomic E-state index is 0.0968. The number of nitrogens with zero attached hydrogens (tertiary/aromatic N) is 1. The van der Waals surface area contributed by atoms with Crippen LogP contribution in [0.2, 0.25) is 0 Å². The molecule has 20 heavy (non-hydrogen) atoms. The van der Waals surface area contributed by atoms with Gasteiger partial charge in [0.05, 0.1) is 19.2 Å². The highest BCUT2D eigenvalue weighted by molar-refractivity contribution is 5.81. The van der Waals surface area contributed by atoms with Crippen LogP contribution in [-0.2, 0) is 9.53 Å². The van der Waals surface area contributed by atoms with E-state index in [4.69, 9.17) is 15.2 Å². The molecule has 5 nitrogen and oxygen atoms in total. The maximum atomic E-state index is 12.3. The molecule has 0 aliphatic carbocycles. The van der Waals surface area contributed by atoms with Crippen molar-refractivity contribution >= 4 is 5.91 Å². The second-order valence-corrected chi connectivity index (χ2v) is 4.76. The highest BCUT2D eigenvalue weighted by atomic mass is 16.5. The fraction of sp³-hybridized carbons (Fsp3) is 0.533. The van der Waals surface area contributed by atoms with Gasteiger partial charge in [0.15, 0.2) is 0 Å². The van der Waals surface area contributed by atoms with Crippen LogP contribution in [0, 0.1) is 0 Å². The van der Waals surface area contributed by atoms with Crippen molar-refractivity contribution < 1.29 is 14.3 Å². The Morgan fingerprint density at radius 2 is 2.00 bits per heavy atom. The van der Waals surface area contributed by atoms with Crippen LogP contribution in [0.25, 0.3) is 0 Å². The second kappa shape index (κ2) is 7.87. The van der Waals surface area contributed by atoms with E-state index in [0.717, 1.165) is 11.3 Å². The van der Waals surface area contributed by atoms with E-state index in [1.165, 1.54) is 0 Å². The molecule has 2 unspecified atom stereocenters. The Labute approximate surface area is 120 Å². The molecule has 0 aromatic heterocycles. The van der Waals surface area contributed by atoms with Crippen molar-refractivity contribution in [1.29, 1.82) is 0 Å². The van der Waals surface area contributed by atoms with E-state index in [0.29, 0.717) is 13.0 Å². The molecule has 0 aliphatic rings. The standard InChI is InChI=1S/C15H24N2O3/c1-11(12-7-5-6-8-14(12)20-4)17(2)15(18)13(16)9-10-19-3/h5-8,11,13H,9-10,16H2,1-4H3. The van der Waals surface area contributed by atoms with E-state index in [1.54, 1.807) is 26.2 Å². The van der Waals surface area contributed by atoms with Crippen molar-refractivity contribution in [2.45, 2.75) is 25.4 Å². The summed E-state index contributed by atoms with van der Waals surface area (Å²) in [6, 6.07) is 7.02. The van der Waals surface area contributed by atoms with Gasteiger partial charge in [0.1, 0.15) is 5.75 Å². The lowest BCUT2D eigenvalue weighted by molar-refractivity contribution is -0.133. The summed E-state index contributed by atoms with van der Waals surface area (Å²) < 4.78 is 10.3. The van der Waals surface area contributed by atoms with Gasteiger partial charge >= 0.3 is 0 Å². The smallest absolute Gasteiger partial charge is 0.239 e. The number of likely N-dealkylation sites (N-methyl/N-ethyl adjacent to an activating group) is 1. The zero-order chi connectivity index (χ0) is 15.1. The predicted octanol–water partition coefficient (Wildman–Crippen LogP) is 1.58. The molecule has 1 aromatic carbocycles. The lowest BCUT2D eigenvalue weighted by atomic mass is 10.0. The SMILES string of the molecule is COCCC(N)C(=O)N(C)C(C)c1ccccc1OC. The van der Waals surface area contributed by atoms with E-state index in [2.05, 4.69) is 0 Å². The summed E-state index contributed by atoms with van der Waals surface area (Å²) in [6.07, 6.45) is 0.512. The van der Waals surface area contributed by atoms with Crippen molar-refractivity contribution in [3.05, 3.63) is 29.8 Å². The molecule has 5 heteroatoms. The van der Waals surface area contributed by atoms with Crippen molar-refractivity contribution in [3.63, 3.8) is 0 Å². The van der Waals surface area contributed by atoms with Crippen molar-refractivity contribution in [1.82, 2.24) is 4.90 Å². The molecule has 112 valence electrons. The largest absolute Gasteiger partial charge is 0.496 e. The van der Waals surface area contributed by atoms with Gasteiger partial charge in [0, 0.05) is 26.3 Å². The van der Waals surface area contributed by atoms with E-state index in [-0.39, 0.29) is 11.9 Å². The van der Waals surface area contributed by atoms with Gasteiger partial charge in [0.25, 0.3) is 0 Å². The average Bonchev–Trinajstić information content (AvgIpc) is 2.50. The zero-order valence-electron chi connectivity index (χ0n) is 12.6. The van der Waals surface area contributed by atoms with Crippen LogP contribution in [0.4, 0.5) is 0 Å². The highest BCUT2D eigenvalue weighted by Crippen LogP contribution is 2.28. The number of ether oxygens (including phenoxy) is 2. The topological polar surface area (TPSA) is 64.8 Å². The van der Waals surface area contributed by atoms with Gasteiger partial charge in [-0.3, -0.25) is 4.79 Å². The Bertz CT molecular complexity index is 437. The molecular weight excluding hydrogens is 256 g/mol. The van der Waals surface area contributed by atoms with Crippen LogP contribution < -0.4 is 10.5 Å².